The van der Waals surface area contributed by atoms with Crippen molar-refractivity contribution in [2.75, 3.05) is 0 Å². The molecule has 0 radical (unpaired) electrons. The molecular formula is C17H24O3. The van der Waals surface area contributed by atoms with Gasteiger partial charge in [-0.05, 0) is 18.4 Å². The highest BCUT2D eigenvalue weighted by Gasteiger charge is 2.37. The molecule has 0 aromatic heterocycles. The summed E-state index contributed by atoms with van der Waals surface area (Å²) in [5, 5.41) is 9.99. The van der Waals surface area contributed by atoms with E-state index in [-0.39, 0.29) is 18.3 Å². The summed E-state index contributed by atoms with van der Waals surface area (Å²) in [6.07, 6.45) is 3.47. The first-order valence-corrected chi connectivity index (χ1v) is 7.34. The first kappa shape index (κ1) is 15.2. The van der Waals surface area contributed by atoms with Crippen molar-refractivity contribution in [1.82, 2.24) is 0 Å². The highest BCUT2D eigenvalue weighted by molar-refractivity contribution is 5.13. The van der Waals surface area contributed by atoms with Crippen LogP contribution in [0.2, 0.25) is 0 Å². The zero-order chi connectivity index (χ0) is 14.4. The second kappa shape index (κ2) is 7.58. The molecule has 1 aliphatic heterocycles. The third-order valence-electron chi connectivity index (χ3n) is 3.78. The average Bonchev–Trinajstić information content (AvgIpc) is 2.82. The fourth-order valence-electron chi connectivity index (χ4n) is 2.64. The fourth-order valence-corrected chi connectivity index (χ4v) is 2.64. The van der Waals surface area contributed by atoms with Gasteiger partial charge in [0.05, 0.1) is 31.0 Å². The van der Waals surface area contributed by atoms with E-state index in [1.54, 1.807) is 6.08 Å². The Kier molecular flexibility index (Phi) is 5.77. The Morgan fingerprint density at radius 1 is 1.45 bits per heavy atom. The molecule has 110 valence electrons. The third kappa shape index (κ3) is 3.92. The Morgan fingerprint density at radius 2 is 2.20 bits per heavy atom. The van der Waals surface area contributed by atoms with Crippen LogP contribution in [0.3, 0.4) is 0 Å². The summed E-state index contributed by atoms with van der Waals surface area (Å²) in [7, 11) is 0. The van der Waals surface area contributed by atoms with Gasteiger partial charge < -0.3 is 14.6 Å². The minimum Gasteiger partial charge on any atom is -0.390 e. The highest BCUT2D eigenvalue weighted by atomic mass is 16.6. The molecule has 1 fully saturated rings. The largest absolute Gasteiger partial charge is 0.390 e. The van der Waals surface area contributed by atoms with E-state index in [1.807, 2.05) is 18.2 Å². The predicted molar refractivity (Wildman–Crippen MR) is 79.4 cm³/mol. The average molecular weight is 276 g/mol. The summed E-state index contributed by atoms with van der Waals surface area (Å²) < 4.78 is 11.9. The van der Waals surface area contributed by atoms with Gasteiger partial charge in [-0.2, -0.15) is 0 Å². The maximum absolute atomic E-state index is 9.99. The van der Waals surface area contributed by atoms with E-state index in [1.165, 1.54) is 0 Å². The van der Waals surface area contributed by atoms with Crippen LogP contribution in [-0.4, -0.2) is 29.5 Å². The number of ether oxygens (including phenoxy) is 2. The number of aliphatic hydroxyl groups is 1. The summed E-state index contributed by atoms with van der Waals surface area (Å²) in [6.45, 7) is 6.38. The monoisotopic (exact) mass is 276 g/mol. The summed E-state index contributed by atoms with van der Waals surface area (Å²) in [5.41, 5.74) is 1.16. The van der Waals surface area contributed by atoms with E-state index < -0.39 is 6.10 Å². The van der Waals surface area contributed by atoms with Gasteiger partial charge in [-0.15, -0.1) is 6.58 Å². The second-order valence-corrected chi connectivity index (χ2v) is 5.28. The van der Waals surface area contributed by atoms with Gasteiger partial charge >= 0.3 is 0 Å². The molecule has 1 saturated heterocycles. The first-order chi connectivity index (χ1) is 9.74. The van der Waals surface area contributed by atoms with Crippen LogP contribution in [-0.2, 0) is 16.1 Å². The van der Waals surface area contributed by atoms with Gasteiger partial charge in [0.2, 0.25) is 0 Å². The molecular weight excluding hydrogens is 252 g/mol. The van der Waals surface area contributed by atoms with Crippen LogP contribution >= 0.6 is 0 Å². The molecule has 3 nitrogen and oxygen atoms in total. The Morgan fingerprint density at radius 3 is 2.85 bits per heavy atom. The summed E-state index contributed by atoms with van der Waals surface area (Å²) in [5.74, 6) is 0. The molecule has 2 rings (SSSR count). The zero-order valence-electron chi connectivity index (χ0n) is 12.1. The van der Waals surface area contributed by atoms with Gasteiger partial charge in [-0.25, -0.2) is 0 Å². The molecule has 20 heavy (non-hydrogen) atoms. The Labute approximate surface area is 121 Å². The molecule has 3 heteroatoms. The number of aliphatic hydroxyl groups excluding tert-OH is 1. The minimum absolute atomic E-state index is 0.0244. The van der Waals surface area contributed by atoms with E-state index >= 15 is 0 Å². The molecule has 1 N–H and O–H groups in total. The second-order valence-electron chi connectivity index (χ2n) is 5.28. The number of hydrogen-bond acceptors (Lipinski definition) is 3. The fraction of sp³-hybridized carbons (Fsp3) is 0.529. The van der Waals surface area contributed by atoms with Gasteiger partial charge in [-0.3, -0.25) is 0 Å². The van der Waals surface area contributed by atoms with E-state index in [0.29, 0.717) is 19.4 Å². The van der Waals surface area contributed by atoms with Crippen LogP contribution < -0.4 is 0 Å². The number of rotatable bonds is 7. The van der Waals surface area contributed by atoms with Crippen molar-refractivity contribution < 1.29 is 14.6 Å². The van der Waals surface area contributed by atoms with Crippen molar-refractivity contribution in [2.24, 2.45) is 0 Å². The van der Waals surface area contributed by atoms with E-state index in [2.05, 4.69) is 25.6 Å². The molecule has 0 unspecified atom stereocenters. The quantitative estimate of drug-likeness (QED) is 0.778. The topological polar surface area (TPSA) is 38.7 Å². The van der Waals surface area contributed by atoms with Crippen LogP contribution in [0.1, 0.15) is 31.7 Å². The van der Waals surface area contributed by atoms with Gasteiger partial charge in [0.15, 0.2) is 0 Å². The SMILES string of the molecule is C=CC[C@H]1O[C@@H]([C@@H](CC)OCc2ccccc2)C[C@H]1O. The maximum Gasteiger partial charge on any atom is 0.0874 e. The smallest absolute Gasteiger partial charge is 0.0874 e. The van der Waals surface area contributed by atoms with Crippen molar-refractivity contribution in [2.45, 2.75) is 57.2 Å². The molecule has 0 spiro atoms. The van der Waals surface area contributed by atoms with Crippen LogP contribution in [0.25, 0.3) is 0 Å². The summed E-state index contributed by atoms with van der Waals surface area (Å²) in [4.78, 5) is 0. The van der Waals surface area contributed by atoms with Crippen LogP contribution in [0, 0.1) is 0 Å². The summed E-state index contributed by atoms with van der Waals surface area (Å²) >= 11 is 0. The minimum atomic E-state index is -0.410. The molecule has 4 atom stereocenters. The zero-order valence-corrected chi connectivity index (χ0v) is 12.1. The van der Waals surface area contributed by atoms with Gasteiger partial charge in [0, 0.05) is 6.42 Å². The molecule has 1 aromatic carbocycles. The highest BCUT2D eigenvalue weighted by Crippen LogP contribution is 2.28. The normalized spacial score (nSPS) is 27.4. The standard InChI is InChI=1S/C17H24O3/c1-3-8-16-14(18)11-17(20-16)15(4-2)19-12-13-9-6-5-7-10-13/h3,5-7,9-10,14-18H,1,4,8,11-12H2,2H3/t14-,15-,16-,17-/m1/s1. The lowest BCUT2D eigenvalue weighted by atomic mass is 10.0. The number of hydrogen-bond donors (Lipinski definition) is 1. The predicted octanol–water partition coefficient (Wildman–Crippen LogP) is 3.08. The lowest BCUT2D eigenvalue weighted by Gasteiger charge is -2.23. The molecule has 0 saturated carbocycles. The van der Waals surface area contributed by atoms with Gasteiger partial charge in [0.25, 0.3) is 0 Å². The lowest BCUT2D eigenvalue weighted by Crippen LogP contribution is -2.28. The van der Waals surface area contributed by atoms with Gasteiger partial charge in [-0.1, -0.05) is 43.3 Å². The van der Waals surface area contributed by atoms with Crippen LogP contribution in [0.5, 0.6) is 0 Å². The van der Waals surface area contributed by atoms with Crippen molar-refractivity contribution in [3.63, 3.8) is 0 Å². The first-order valence-electron chi connectivity index (χ1n) is 7.34. The Balaban J connectivity index is 1.87. The molecule has 1 aliphatic rings. The van der Waals surface area contributed by atoms with E-state index in [4.69, 9.17) is 9.47 Å². The van der Waals surface area contributed by atoms with Crippen molar-refractivity contribution >= 4 is 0 Å². The molecule has 1 heterocycles. The third-order valence-corrected chi connectivity index (χ3v) is 3.78. The molecule has 0 aliphatic carbocycles. The van der Waals surface area contributed by atoms with Crippen molar-refractivity contribution in [3.8, 4) is 0 Å². The van der Waals surface area contributed by atoms with Gasteiger partial charge in [0.1, 0.15) is 0 Å². The van der Waals surface area contributed by atoms with Crippen molar-refractivity contribution in [3.05, 3.63) is 48.6 Å². The van der Waals surface area contributed by atoms with E-state index in [9.17, 15) is 5.11 Å². The van der Waals surface area contributed by atoms with Crippen LogP contribution in [0.15, 0.2) is 43.0 Å². The maximum atomic E-state index is 9.99. The number of benzene rings is 1. The molecule has 1 aromatic rings. The van der Waals surface area contributed by atoms with Crippen molar-refractivity contribution in [1.29, 1.82) is 0 Å². The molecule has 0 bridgehead atoms. The lowest BCUT2D eigenvalue weighted by molar-refractivity contribution is -0.0792. The van der Waals surface area contributed by atoms with E-state index in [0.717, 1.165) is 12.0 Å². The molecule has 0 amide bonds. The Hall–Kier alpha value is -1.16. The Bertz CT molecular complexity index is 404. The van der Waals surface area contributed by atoms with Crippen LogP contribution in [0.4, 0.5) is 0 Å². The summed E-state index contributed by atoms with van der Waals surface area (Å²) in [6, 6.07) is 10.1.